The normalized spacial score (nSPS) is 14.2. The summed E-state index contributed by atoms with van der Waals surface area (Å²) in [5, 5.41) is 6.18. The lowest BCUT2D eigenvalue weighted by Gasteiger charge is -2.34. The topological polar surface area (TPSA) is 129 Å². The molecule has 328 valence electrons. The highest BCUT2D eigenvalue weighted by Gasteiger charge is 2.20. The lowest BCUT2D eigenvalue weighted by Crippen LogP contribution is -2.44. The number of nitrogen functional groups attached to an aromatic ring is 1. The number of hydrogen-bond donors (Lipinski definition) is 2. The number of thiazole rings is 1. The highest BCUT2D eigenvalue weighted by molar-refractivity contribution is 9.09. The number of thiocarbonyl (C=S) groups is 1. The number of rotatable bonds is 13. The fraction of sp³-hybridized carbons (Fsp3) is 0.302. The number of nitrogens with two attached hydrogens (primary N) is 1. The number of anilines is 5. The van der Waals surface area contributed by atoms with Crippen LogP contribution >= 0.6 is 39.5 Å². The number of ether oxygens (including phenoxy) is 2. The first-order chi connectivity index (χ1) is 29.8. The van der Waals surface area contributed by atoms with E-state index in [2.05, 4.69) is 104 Å². The second-order valence-electron chi connectivity index (χ2n) is 13.9. The van der Waals surface area contributed by atoms with Crippen LogP contribution < -0.4 is 30.3 Å². The Kier molecular flexibility index (Phi) is 18.2. The molecule has 7 rings (SSSR count). The molecule has 4 aromatic carbocycles. The van der Waals surface area contributed by atoms with Gasteiger partial charge in [0.1, 0.15) is 22.2 Å². The highest BCUT2D eigenvalue weighted by atomic mass is 79.9. The summed E-state index contributed by atoms with van der Waals surface area (Å²) in [6.07, 6.45) is 0. The summed E-state index contributed by atoms with van der Waals surface area (Å²) in [5.41, 5.74) is 10.6. The maximum atomic E-state index is 12.8. The van der Waals surface area contributed by atoms with Crippen molar-refractivity contribution in [1.82, 2.24) is 14.8 Å². The molecule has 0 unspecified atom stereocenters. The predicted octanol–water partition coefficient (Wildman–Crippen LogP) is 9.09. The summed E-state index contributed by atoms with van der Waals surface area (Å²) in [7, 11) is 4.28. The van der Waals surface area contributed by atoms with Crippen molar-refractivity contribution >= 4 is 89.9 Å². The SMILES string of the molecule is CN1CCN(c2ccc(N=C=S)cc2)CC1.CN1CCN(c2ccc(Nc3nc(N)c(C(=O)c4cccc(OC(F)F)c4)s3)cc2)CC1.O=C(CBr)c1cccc(OC(F)F)c1. The molecule has 0 bridgehead atoms. The van der Waals surface area contributed by atoms with Crippen LogP contribution in [0.4, 0.5) is 51.3 Å². The van der Waals surface area contributed by atoms with Crippen LogP contribution in [0.1, 0.15) is 25.6 Å². The molecular formula is C43H45BrF4N8O4S2. The van der Waals surface area contributed by atoms with E-state index in [1.54, 1.807) is 6.07 Å². The summed E-state index contributed by atoms with van der Waals surface area (Å²) in [6.45, 7) is 2.64. The zero-order chi connectivity index (χ0) is 44.6. The Hall–Kier alpha value is -5.43. The molecule has 0 radical (unpaired) electrons. The van der Waals surface area contributed by atoms with Crippen molar-refractivity contribution in [3.63, 3.8) is 0 Å². The van der Waals surface area contributed by atoms with Gasteiger partial charge in [0.25, 0.3) is 0 Å². The number of ketones is 2. The summed E-state index contributed by atoms with van der Waals surface area (Å²) in [4.78, 5) is 41.8. The molecule has 0 aliphatic carbocycles. The molecule has 3 heterocycles. The molecule has 5 aromatic rings. The first-order valence-electron chi connectivity index (χ1n) is 19.2. The Morgan fingerprint density at radius 1 is 0.790 bits per heavy atom. The van der Waals surface area contributed by atoms with Gasteiger partial charge >= 0.3 is 13.2 Å². The fourth-order valence-corrected chi connectivity index (χ4v) is 7.51. The van der Waals surface area contributed by atoms with Crippen molar-refractivity contribution in [2.45, 2.75) is 13.2 Å². The van der Waals surface area contributed by atoms with Crippen molar-refractivity contribution in [3.8, 4) is 11.5 Å². The average molecular weight is 958 g/mol. The van der Waals surface area contributed by atoms with Crippen LogP contribution in [0.5, 0.6) is 11.5 Å². The van der Waals surface area contributed by atoms with Gasteiger partial charge in [-0.15, -0.1) is 0 Å². The van der Waals surface area contributed by atoms with Gasteiger partial charge in [-0.05, 0) is 99.1 Å². The van der Waals surface area contributed by atoms with E-state index in [1.165, 1.54) is 48.2 Å². The van der Waals surface area contributed by atoms with Crippen LogP contribution in [0, 0.1) is 0 Å². The van der Waals surface area contributed by atoms with E-state index in [4.69, 9.17) is 5.73 Å². The Morgan fingerprint density at radius 3 is 1.76 bits per heavy atom. The first kappa shape index (κ1) is 47.6. The zero-order valence-electron chi connectivity index (χ0n) is 33.9. The molecule has 0 spiro atoms. The van der Waals surface area contributed by atoms with E-state index in [9.17, 15) is 27.2 Å². The van der Waals surface area contributed by atoms with Crippen LogP contribution in [0.3, 0.4) is 0 Å². The third-order valence-electron chi connectivity index (χ3n) is 9.56. The molecule has 2 saturated heterocycles. The van der Waals surface area contributed by atoms with Gasteiger partial charge in [0.05, 0.1) is 16.2 Å². The van der Waals surface area contributed by atoms with Gasteiger partial charge in [0, 0.05) is 80.5 Å². The van der Waals surface area contributed by atoms with Crippen molar-refractivity contribution in [2.75, 3.05) is 92.6 Å². The van der Waals surface area contributed by atoms with Crippen molar-refractivity contribution < 1.29 is 36.6 Å². The molecule has 2 aliphatic rings. The van der Waals surface area contributed by atoms with E-state index < -0.39 is 19.0 Å². The number of aliphatic imine (C=N–C) groups is 1. The number of halogens is 5. The molecule has 12 nitrogen and oxygen atoms in total. The molecule has 0 atom stereocenters. The molecule has 19 heteroatoms. The number of carbonyl (C=O) groups is 2. The monoisotopic (exact) mass is 956 g/mol. The van der Waals surface area contributed by atoms with E-state index in [0.29, 0.717) is 10.7 Å². The Labute approximate surface area is 375 Å². The van der Waals surface area contributed by atoms with Gasteiger partial charge in [0.15, 0.2) is 10.9 Å². The fourth-order valence-electron chi connectivity index (χ4n) is 6.21. The lowest BCUT2D eigenvalue weighted by molar-refractivity contribution is -0.0505. The quantitative estimate of drug-likeness (QED) is 0.0384. The number of carbonyl (C=O) groups excluding carboxylic acids is 2. The molecule has 62 heavy (non-hydrogen) atoms. The van der Waals surface area contributed by atoms with Crippen molar-refractivity contribution in [3.05, 3.63) is 113 Å². The summed E-state index contributed by atoms with van der Waals surface area (Å²) in [6, 6.07) is 27.5. The zero-order valence-corrected chi connectivity index (χ0v) is 37.1. The number of likely N-dealkylation sites (N-methyl/N-ethyl adjacent to an activating group) is 2. The van der Waals surface area contributed by atoms with Crippen LogP contribution in [-0.4, -0.2) is 117 Å². The number of alkyl halides is 5. The average Bonchev–Trinajstić information content (AvgIpc) is 3.63. The van der Waals surface area contributed by atoms with Crippen LogP contribution in [-0.2, 0) is 0 Å². The molecule has 0 saturated carbocycles. The summed E-state index contributed by atoms with van der Waals surface area (Å²) in [5.74, 6) is -0.598. The predicted molar refractivity (Wildman–Crippen MR) is 245 cm³/mol. The molecule has 3 N–H and O–H groups in total. The molecule has 2 aliphatic heterocycles. The lowest BCUT2D eigenvalue weighted by atomic mass is 10.1. The number of benzene rings is 4. The Morgan fingerprint density at radius 2 is 1.27 bits per heavy atom. The van der Waals surface area contributed by atoms with Gasteiger partial charge < -0.3 is 40.1 Å². The number of aromatic nitrogens is 1. The number of Topliss-reactive ketones (excluding diaryl/α,β-unsaturated/α-hetero) is 1. The number of piperazine rings is 2. The maximum Gasteiger partial charge on any atom is 0.387 e. The number of hydrogen-bond acceptors (Lipinski definition) is 14. The largest absolute Gasteiger partial charge is 0.435 e. The summed E-state index contributed by atoms with van der Waals surface area (Å²) < 4.78 is 57.1. The number of nitrogens with one attached hydrogen (secondary N) is 1. The van der Waals surface area contributed by atoms with E-state index >= 15 is 0 Å². The highest BCUT2D eigenvalue weighted by Crippen LogP contribution is 2.31. The number of nitrogens with zero attached hydrogens (tertiary/aromatic N) is 6. The van der Waals surface area contributed by atoms with Crippen molar-refractivity contribution in [2.24, 2.45) is 4.99 Å². The van der Waals surface area contributed by atoms with E-state index in [0.717, 1.165) is 80.8 Å². The van der Waals surface area contributed by atoms with Gasteiger partial charge in [-0.1, -0.05) is 51.5 Å². The van der Waals surface area contributed by atoms with Gasteiger partial charge in [-0.3, -0.25) is 9.59 Å². The van der Waals surface area contributed by atoms with Gasteiger partial charge in [-0.25, -0.2) is 4.98 Å². The summed E-state index contributed by atoms with van der Waals surface area (Å²) >= 11 is 8.67. The maximum absolute atomic E-state index is 12.8. The molecule has 2 fully saturated rings. The minimum Gasteiger partial charge on any atom is -0.435 e. The molecular weight excluding hydrogens is 913 g/mol. The Balaban J connectivity index is 0.000000201. The Bertz CT molecular complexity index is 2270. The third kappa shape index (κ3) is 14.6. The van der Waals surface area contributed by atoms with Crippen molar-refractivity contribution in [1.29, 1.82) is 0 Å². The van der Waals surface area contributed by atoms with Crippen LogP contribution in [0.2, 0.25) is 0 Å². The van der Waals surface area contributed by atoms with Gasteiger partial charge in [-0.2, -0.15) is 22.6 Å². The van der Waals surface area contributed by atoms with Crippen LogP contribution in [0.15, 0.2) is 102 Å². The minimum absolute atomic E-state index is 0.00759. The molecule has 1 aromatic heterocycles. The second-order valence-corrected chi connectivity index (χ2v) is 15.6. The third-order valence-corrected chi connectivity index (χ3v) is 11.1. The van der Waals surface area contributed by atoms with Crippen LogP contribution in [0.25, 0.3) is 0 Å². The van der Waals surface area contributed by atoms with E-state index in [1.807, 2.05) is 36.4 Å². The second kappa shape index (κ2) is 23.7. The van der Waals surface area contributed by atoms with Gasteiger partial charge in [0.2, 0.25) is 5.78 Å². The molecule has 0 amide bonds. The van der Waals surface area contributed by atoms with E-state index in [-0.39, 0.29) is 38.9 Å². The first-order valence-corrected chi connectivity index (χ1v) is 21.6. The number of isothiocyanates is 1. The smallest absolute Gasteiger partial charge is 0.387 e. The standard InChI is InChI=1S/C22H23F2N5O2S.C12H15N3S.C9H7BrF2O2/c1-28-9-11-29(12-10-28)16-7-5-15(6-8-16)26-22-27-20(25)19(32-22)18(30)14-3-2-4-17(13-14)31-21(23)24;1-14-6-8-15(9-7-14)12-4-2-11(3-5-12)13-10-16;10-5-8(13)6-2-1-3-7(4-6)14-9(11)12/h2-8,13,21H,9-12,25H2,1H3,(H,26,27);2-5H,6-9H2,1H3;1-4,9H,5H2. The minimum atomic E-state index is -2.97.